The summed E-state index contributed by atoms with van der Waals surface area (Å²) in [6.07, 6.45) is 0. The van der Waals surface area contributed by atoms with Gasteiger partial charge in [-0.05, 0) is 36.8 Å². The molecule has 0 spiro atoms. The van der Waals surface area contributed by atoms with Gasteiger partial charge in [0.1, 0.15) is 5.75 Å². The fourth-order valence-electron chi connectivity index (χ4n) is 3.53. The molecule has 0 saturated carbocycles. The Kier molecular flexibility index (Phi) is 6.18. The van der Waals surface area contributed by atoms with Crippen molar-refractivity contribution in [2.75, 3.05) is 12.9 Å². The minimum Gasteiger partial charge on any atom is -0.496 e. The predicted octanol–water partition coefficient (Wildman–Crippen LogP) is 4.99. The summed E-state index contributed by atoms with van der Waals surface area (Å²) in [4.78, 5) is 31.0. The number of hydrogen-bond acceptors (Lipinski definition) is 5. The summed E-state index contributed by atoms with van der Waals surface area (Å²) < 4.78 is 6.99. The highest BCUT2D eigenvalue weighted by molar-refractivity contribution is 7.99. The van der Waals surface area contributed by atoms with Crippen LogP contribution in [-0.2, 0) is 0 Å². The molecular weight excluding hydrogens is 408 g/mol. The molecule has 4 rings (SSSR count). The lowest BCUT2D eigenvalue weighted by atomic mass is 10.1. The van der Waals surface area contributed by atoms with Gasteiger partial charge in [0.25, 0.3) is 5.56 Å². The largest absolute Gasteiger partial charge is 0.496 e. The first-order chi connectivity index (χ1) is 15.1. The molecule has 0 aliphatic rings. The normalized spacial score (nSPS) is 11.9. The van der Waals surface area contributed by atoms with E-state index in [-0.39, 0.29) is 23.1 Å². The molecule has 0 bridgehead atoms. The van der Waals surface area contributed by atoms with Crippen LogP contribution in [0.2, 0.25) is 0 Å². The third kappa shape index (κ3) is 4.25. The van der Waals surface area contributed by atoms with Crippen molar-refractivity contribution >= 4 is 28.4 Å². The van der Waals surface area contributed by atoms with Gasteiger partial charge in [-0.3, -0.25) is 14.2 Å². The summed E-state index contributed by atoms with van der Waals surface area (Å²) >= 11 is 1.27. The fraction of sp³-hybridized carbons (Fsp3) is 0.160. The average Bonchev–Trinajstić information content (AvgIpc) is 2.82. The number of hydrogen-bond donors (Lipinski definition) is 0. The van der Waals surface area contributed by atoms with Crippen LogP contribution in [0.15, 0.2) is 88.8 Å². The number of nitrogens with zero attached hydrogens (tertiary/aromatic N) is 2. The van der Waals surface area contributed by atoms with Crippen LogP contribution in [0.5, 0.6) is 5.75 Å². The average molecular weight is 431 g/mol. The van der Waals surface area contributed by atoms with Crippen LogP contribution < -0.4 is 10.3 Å². The SMILES string of the molecule is COc1ccccc1C(=O)CSc1nc2ccccc2c(=O)n1C(C)c1ccccc1. The highest BCUT2D eigenvalue weighted by Crippen LogP contribution is 2.27. The number of carbonyl (C=O) groups is 1. The van der Waals surface area contributed by atoms with E-state index in [0.717, 1.165) is 5.56 Å². The number of thioether (sulfide) groups is 1. The molecule has 0 N–H and O–H groups in total. The van der Waals surface area contributed by atoms with E-state index in [4.69, 9.17) is 9.72 Å². The van der Waals surface area contributed by atoms with Crippen molar-refractivity contribution in [3.63, 3.8) is 0 Å². The molecule has 0 aliphatic carbocycles. The molecule has 4 aromatic rings. The van der Waals surface area contributed by atoms with E-state index in [1.54, 1.807) is 29.9 Å². The second kappa shape index (κ2) is 9.18. The van der Waals surface area contributed by atoms with E-state index < -0.39 is 0 Å². The van der Waals surface area contributed by atoms with Gasteiger partial charge >= 0.3 is 0 Å². The first-order valence-corrected chi connectivity index (χ1v) is 10.9. The van der Waals surface area contributed by atoms with Gasteiger partial charge in [0, 0.05) is 0 Å². The molecule has 1 heterocycles. The maximum Gasteiger partial charge on any atom is 0.262 e. The molecule has 5 nitrogen and oxygen atoms in total. The van der Waals surface area contributed by atoms with Gasteiger partial charge in [0.15, 0.2) is 10.9 Å². The quantitative estimate of drug-likeness (QED) is 0.235. The molecule has 0 amide bonds. The second-order valence-corrected chi connectivity index (χ2v) is 8.03. The highest BCUT2D eigenvalue weighted by Gasteiger charge is 2.20. The maximum absolute atomic E-state index is 13.4. The number of rotatable bonds is 7. The lowest BCUT2D eigenvalue weighted by Gasteiger charge is -2.20. The van der Waals surface area contributed by atoms with E-state index in [0.29, 0.717) is 27.4 Å². The molecule has 156 valence electrons. The fourth-order valence-corrected chi connectivity index (χ4v) is 4.49. The van der Waals surface area contributed by atoms with E-state index in [1.165, 1.54) is 11.8 Å². The zero-order valence-electron chi connectivity index (χ0n) is 17.3. The molecule has 0 radical (unpaired) electrons. The van der Waals surface area contributed by atoms with E-state index >= 15 is 0 Å². The molecule has 0 fully saturated rings. The molecule has 1 atom stereocenters. The number of benzene rings is 3. The summed E-state index contributed by atoms with van der Waals surface area (Å²) in [5, 5.41) is 1.08. The van der Waals surface area contributed by atoms with E-state index in [9.17, 15) is 9.59 Å². The number of aromatic nitrogens is 2. The van der Waals surface area contributed by atoms with Crippen molar-refractivity contribution in [1.82, 2.24) is 9.55 Å². The molecule has 3 aromatic carbocycles. The number of ether oxygens (including phenoxy) is 1. The monoisotopic (exact) mass is 430 g/mol. The third-order valence-corrected chi connectivity index (χ3v) is 6.14. The van der Waals surface area contributed by atoms with Gasteiger partial charge in [-0.15, -0.1) is 0 Å². The number of methoxy groups -OCH3 is 1. The third-order valence-electron chi connectivity index (χ3n) is 5.18. The Balaban J connectivity index is 1.74. The molecule has 6 heteroatoms. The number of Topliss-reactive ketones (excluding diaryl/α,β-unsaturated/α-hetero) is 1. The van der Waals surface area contributed by atoms with Crippen LogP contribution >= 0.6 is 11.8 Å². The summed E-state index contributed by atoms with van der Waals surface area (Å²) in [6, 6.07) is 24.0. The Morgan fingerprint density at radius 3 is 2.45 bits per heavy atom. The molecule has 1 aromatic heterocycles. The Labute approximate surface area is 184 Å². The van der Waals surface area contributed by atoms with Crippen molar-refractivity contribution in [1.29, 1.82) is 0 Å². The van der Waals surface area contributed by atoms with Gasteiger partial charge in [-0.1, -0.05) is 66.4 Å². The van der Waals surface area contributed by atoms with Crippen LogP contribution in [-0.4, -0.2) is 28.2 Å². The Hall–Kier alpha value is -3.38. The zero-order chi connectivity index (χ0) is 21.8. The van der Waals surface area contributed by atoms with Crippen LogP contribution in [0.3, 0.4) is 0 Å². The number of para-hydroxylation sites is 2. The summed E-state index contributed by atoms with van der Waals surface area (Å²) in [7, 11) is 1.54. The van der Waals surface area contributed by atoms with Gasteiger partial charge in [-0.25, -0.2) is 4.98 Å². The topological polar surface area (TPSA) is 61.2 Å². The number of fused-ring (bicyclic) bond motifs is 1. The van der Waals surface area contributed by atoms with Crippen molar-refractivity contribution < 1.29 is 9.53 Å². The lowest BCUT2D eigenvalue weighted by molar-refractivity contribution is 0.101. The van der Waals surface area contributed by atoms with Crippen molar-refractivity contribution in [2.24, 2.45) is 0 Å². The number of carbonyl (C=O) groups excluding carboxylic acids is 1. The lowest BCUT2D eigenvalue weighted by Crippen LogP contribution is -2.27. The van der Waals surface area contributed by atoms with Crippen LogP contribution in [0.1, 0.15) is 28.9 Å². The highest BCUT2D eigenvalue weighted by atomic mass is 32.2. The smallest absolute Gasteiger partial charge is 0.262 e. The molecule has 31 heavy (non-hydrogen) atoms. The minimum absolute atomic E-state index is 0.0798. The van der Waals surface area contributed by atoms with E-state index in [2.05, 4.69) is 0 Å². The molecule has 0 saturated heterocycles. The Morgan fingerprint density at radius 1 is 1.00 bits per heavy atom. The Morgan fingerprint density at radius 2 is 1.68 bits per heavy atom. The summed E-state index contributed by atoms with van der Waals surface area (Å²) in [5.41, 5.74) is 2.02. The predicted molar refractivity (Wildman–Crippen MR) is 124 cm³/mol. The van der Waals surface area contributed by atoms with E-state index in [1.807, 2.05) is 67.6 Å². The summed E-state index contributed by atoms with van der Waals surface area (Å²) in [6.45, 7) is 1.97. The standard InChI is InChI=1S/C25H22N2O3S/c1-17(18-10-4-3-5-11-18)27-24(29)19-12-6-8-14-21(19)26-25(27)31-16-22(28)20-13-7-9-15-23(20)30-2/h3-15,17H,16H2,1-2H3. The van der Waals surface area contributed by atoms with Gasteiger partial charge in [-0.2, -0.15) is 0 Å². The van der Waals surface area contributed by atoms with Crippen LogP contribution in [0.4, 0.5) is 0 Å². The van der Waals surface area contributed by atoms with Gasteiger partial charge < -0.3 is 4.74 Å². The maximum atomic E-state index is 13.4. The Bertz CT molecular complexity index is 1280. The van der Waals surface area contributed by atoms with Crippen molar-refractivity contribution in [2.45, 2.75) is 18.1 Å². The van der Waals surface area contributed by atoms with Crippen molar-refractivity contribution in [3.8, 4) is 5.75 Å². The van der Waals surface area contributed by atoms with Crippen LogP contribution in [0.25, 0.3) is 10.9 Å². The van der Waals surface area contributed by atoms with Crippen molar-refractivity contribution in [3.05, 3.63) is 100 Å². The number of ketones is 1. The second-order valence-electron chi connectivity index (χ2n) is 7.09. The zero-order valence-corrected chi connectivity index (χ0v) is 18.1. The minimum atomic E-state index is -0.227. The van der Waals surface area contributed by atoms with Crippen LogP contribution in [0, 0.1) is 0 Å². The van der Waals surface area contributed by atoms with Gasteiger partial charge in [0.2, 0.25) is 0 Å². The summed E-state index contributed by atoms with van der Waals surface area (Å²) in [5.74, 6) is 0.602. The molecule has 1 unspecified atom stereocenters. The molecular formula is C25H22N2O3S. The molecule has 0 aliphatic heterocycles. The first-order valence-electron chi connectivity index (χ1n) is 9.95. The first kappa shape index (κ1) is 20.9. The van der Waals surface area contributed by atoms with Gasteiger partial charge in [0.05, 0.1) is 35.4 Å².